The highest BCUT2D eigenvalue weighted by molar-refractivity contribution is 7.89. The molecule has 0 spiro atoms. The number of carbonyl (C=O) groups is 1. The summed E-state index contributed by atoms with van der Waals surface area (Å²) >= 11 is 1.41. The molecule has 192 valence electrons. The van der Waals surface area contributed by atoms with Gasteiger partial charge < -0.3 is 4.74 Å². The summed E-state index contributed by atoms with van der Waals surface area (Å²) in [6, 6.07) is 14.2. The lowest BCUT2D eigenvalue weighted by atomic mass is 9.96. The van der Waals surface area contributed by atoms with Crippen LogP contribution < -0.4 is 9.64 Å². The average Bonchev–Trinajstić information content (AvgIpc) is 3.36. The largest absolute Gasteiger partial charge is 0.494 e. The van der Waals surface area contributed by atoms with E-state index in [0.717, 1.165) is 22.4 Å². The van der Waals surface area contributed by atoms with Crippen molar-refractivity contribution in [3.8, 4) is 5.75 Å². The molecule has 2 aromatic heterocycles. The van der Waals surface area contributed by atoms with Gasteiger partial charge in [-0.05, 0) is 60.9 Å². The fourth-order valence-corrected chi connectivity index (χ4v) is 6.88. The molecule has 4 aromatic rings. The topological polar surface area (TPSA) is 92.7 Å². The van der Waals surface area contributed by atoms with E-state index in [-0.39, 0.29) is 29.8 Å². The lowest BCUT2D eigenvalue weighted by molar-refractivity contribution is -0.123. The fourth-order valence-electron chi connectivity index (χ4n) is 4.42. The second-order valence-corrected chi connectivity index (χ2v) is 11.7. The summed E-state index contributed by atoms with van der Waals surface area (Å²) in [4.78, 5) is 24.4. The van der Waals surface area contributed by atoms with Crippen LogP contribution in [0.3, 0.4) is 0 Å². The predicted octanol–water partition coefficient (Wildman–Crippen LogP) is 4.47. The summed E-state index contributed by atoms with van der Waals surface area (Å²) in [6.45, 7) is 0.692. The van der Waals surface area contributed by atoms with Gasteiger partial charge in [-0.25, -0.2) is 17.8 Å². The lowest BCUT2D eigenvalue weighted by Gasteiger charge is -2.33. The Kier molecular flexibility index (Phi) is 7.18. The minimum absolute atomic E-state index is 0.0419. The van der Waals surface area contributed by atoms with Crippen LogP contribution >= 0.6 is 11.3 Å². The Morgan fingerprint density at radius 2 is 1.89 bits per heavy atom. The minimum atomic E-state index is -3.76. The molecule has 11 heteroatoms. The summed E-state index contributed by atoms with van der Waals surface area (Å²) in [6.07, 6.45) is 4.13. The number of sulfonamides is 1. The van der Waals surface area contributed by atoms with Crippen LogP contribution in [0.15, 0.2) is 71.9 Å². The molecule has 2 aromatic carbocycles. The molecule has 1 saturated heterocycles. The molecule has 1 aliphatic rings. The number of hydrogen-bond donors (Lipinski definition) is 0. The van der Waals surface area contributed by atoms with E-state index < -0.39 is 15.8 Å². The summed E-state index contributed by atoms with van der Waals surface area (Å²) < 4.78 is 47.0. The van der Waals surface area contributed by atoms with Crippen molar-refractivity contribution in [1.82, 2.24) is 14.3 Å². The highest BCUT2D eigenvalue weighted by Gasteiger charge is 2.35. The van der Waals surface area contributed by atoms with Crippen molar-refractivity contribution in [1.29, 1.82) is 0 Å². The monoisotopic (exact) mass is 540 g/mol. The number of pyridine rings is 1. The Morgan fingerprint density at radius 3 is 2.57 bits per heavy atom. The maximum absolute atomic E-state index is 13.8. The number of nitrogens with zero attached hydrogens (tertiary/aromatic N) is 4. The second-order valence-electron chi connectivity index (χ2n) is 8.72. The predicted molar refractivity (Wildman–Crippen MR) is 139 cm³/mol. The smallest absolute Gasteiger partial charge is 0.243 e. The molecule has 0 bridgehead atoms. The number of para-hydroxylation sites is 1. The van der Waals surface area contributed by atoms with E-state index >= 15 is 0 Å². The van der Waals surface area contributed by atoms with Gasteiger partial charge in [-0.15, -0.1) is 0 Å². The Morgan fingerprint density at radius 1 is 1.14 bits per heavy atom. The quantitative estimate of drug-likeness (QED) is 0.343. The summed E-state index contributed by atoms with van der Waals surface area (Å²) in [5.41, 5.74) is 1.55. The lowest BCUT2D eigenvalue weighted by Crippen LogP contribution is -2.44. The van der Waals surface area contributed by atoms with Crippen molar-refractivity contribution in [2.24, 2.45) is 5.92 Å². The van der Waals surface area contributed by atoms with Crippen molar-refractivity contribution < 1.29 is 22.3 Å². The minimum Gasteiger partial charge on any atom is -0.494 e. The van der Waals surface area contributed by atoms with Crippen LogP contribution in [-0.4, -0.2) is 48.8 Å². The molecule has 37 heavy (non-hydrogen) atoms. The summed E-state index contributed by atoms with van der Waals surface area (Å²) in [5.74, 6) is -0.344. The Balaban J connectivity index is 1.38. The molecule has 0 aliphatic carbocycles. The standard InChI is InChI=1S/C26H25FN4O4S2/c1-35-22-5-2-6-23-24(22)29-26(36-23)31(17-18-4-3-13-28-16-18)25(32)19-11-14-30(15-12-19)37(33,34)21-9-7-20(27)8-10-21/h2-10,13,16,19H,11-12,14-15,17H2,1H3. The number of hydrogen-bond acceptors (Lipinski definition) is 7. The summed E-state index contributed by atoms with van der Waals surface area (Å²) in [7, 11) is -2.18. The number of ether oxygens (including phenoxy) is 1. The van der Waals surface area contributed by atoms with Crippen molar-refractivity contribution in [3.63, 3.8) is 0 Å². The second kappa shape index (κ2) is 10.5. The van der Waals surface area contributed by atoms with Crippen molar-refractivity contribution in [2.75, 3.05) is 25.1 Å². The SMILES string of the molecule is COc1cccc2sc(N(Cc3cccnc3)C(=O)C3CCN(S(=O)(=O)c4ccc(F)cc4)CC3)nc12. The molecular formula is C26H25FN4O4S2. The van der Waals surface area contributed by atoms with Crippen LogP contribution in [0.1, 0.15) is 18.4 Å². The highest BCUT2D eigenvalue weighted by atomic mass is 32.2. The van der Waals surface area contributed by atoms with Crippen LogP contribution in [0.4, 0.5) is 9.52 Å². The molecule has 5 rings (SSSR count). The van der Waals surface area contributed by atoms with Crippen LogP contribution in [0.5, 0.6) is 5.75 Å². The van der Waals surface area contributed by atoms with Gasteiger partial charge in [0.05, 0.1) is 23.2 Å². The van der Waals surface area contributed by atoms with Crippen molar-refractivity contribution in [3.05, 3.63) is 78.4 Å². The third-order valence-electron chi connectivity index (χ3n) is 6.41. The third-order valence-corrected chi connectivity index (χ3v) is 9.36. The molecule has 0 unspecified atom stereocenters. The highest BCUT2D eigenvalue weighted by Crippen LogP contribution is 2.36. The van der Waals surface area contributed by atoms with Gasteiger partial charge in [-0.2, -0.15) is 4.31 Å². The molecular weight excluding hydrogens is 515 g/mol. The number of aromatic nitrogens is 2. The van der Waals surface area contributed by atoms with Crippen molar-refractivity contribution in [2.45, 2.75) is 24.3 Å². The van der Waals surface area contributed by atoms with E-state index in [9.17, 15) is 17.6 Å². The van der Waals surface area contributed by atoms with Gasteiger partial charge in [0.15, 0.2) is 5.13 Å². The van der Waals surface area contributed by atoms with Gasteiger partial charge >= 0.3 is 0 Å². The number of fused-ring (bicyclic) bond motifs is 1. The number of anilines is 1. The fraction of sp³-hybridized carbons (Fsp3) is 0.269. The van der Waals surface area contributed by atoms with Gasteiger partial charge in [-0.1, -0.05) is 23.5 Å². The molecule has 8 nitrogen and oxygen atoms in total. The van der Waals surface area contributed by atoms with E-state index in [2.05, 4.69) is 4.98 Å². The molecule has 0 atom stereocenters. The van der Waals surface area contributed by atoms with Gasteiger partial charge in [0.2, 0.25) is 15.9 Å². The van der Waals surface area contributed by atoms with Crippen LogP contribution in [0, 0.1) is 11.7 Å². The normalized spacial score (nSPS) is 15.1. The summed E-state index contributed by atoms with van der Waals surface area (Å²) in [5, 5.41) is 0.551. The zero-order valence-corrected chi connectivity index (χ0v) is 21.7. The third kappa shape index (κ3) is 5.20. The van der Waals surface area contributed by atoms with Crippen LogP contribution in [0.2, 0.25) is 0 Å². The van der Waals surface area contributed by atoms with E-state index in [1.807, 2.05) is 30.3 Å². The Hall–Kier alpha value is -3.41. The van der Waals surface area contributed by atoms with E-state index in [4.69, 9.17) is 9.72 Å². The average molecular weight is 541 g/mol. The van der Waals surface area contributed by atoms with Gasteiger partial charge in [-0.3, -0.25) is 14.7 Å². The zero-order valence-electron chi connectivity index (χ0n) is 20.1. The Bertz CT molecular complexity index is 1500. The maximum Gasteiger partial charge on any atom is 0.243 e. The number of halogens is 1. The maximum atomic E-state index is 13.8. The number of carbonyl (C=O) groups excluding carboxylic acids is 1. The van der Waals surface area contributed by atoms with E-state index in [0.29, 0.717) is 35.8 Å². The molecule has 3 heterocycles. The number of amides is 1. The van der Waals surface area contributed by atoms with Gasteiger partial charge in [0, 0.05) is 31.4 Å². The molecule has 0 N–H and O–H groups in total. The number of rotatable bonds is 7. The van der Waals surface area contributed by atoms with E-state index in [1.165, 1.54) is 27.8 Å². The number of thiazole rings is 1. The number of piperidine rings is 1. The first-order valence-electron chi connectivity index (χ1n) is 11.8. The van der Waals surface area contributed by atoms with Crippen LogP contribution in [0.25, 0.3) is 10.2 Å². The molecule has 0 radical (unpaired) electrons. The zero-order chi connectivity index (χ0) is 26.0. The molecule has 1 fully saturated rings. The Labute approximate surface area is 218 Å². The molecule has 1 aliphatic heterocycles. The van der Waals surface area contributed by atoms with E-state index in [1.54, 1.807) is 24.4 Å². The first-order chi connectivity index (χ1) is 17.9. The van der Waals surface area contributed by atoms with Crippen molar-refractivity contribution >= 4 is 42.6 Å². The first kappa shape index (κ1) is 25.2. The van der Waals surface area contributed by atoms with Crippen LogP contribution in [-0.2, 0) is 21.4 Å². The molecule has 1 amide bonds. The molecule has 0 saturated carbocycles. The van der Waals surface area contributed by atoms with Gasteiger partial charge in [0.25, 0.3) is 0 Å². The van der Waals surface area contributed by atoms with Gasteiger partial charge in [0.1, 0.15) is 17.1 Å². The number of methoxy groups -OCH3 is 1. The first-order valence-corrected chi connectivity index (χ1v) is 14.0. The number of benzene rings is 2.